The van der Waals surface area contributed by atoms with Crippen LogP contribution in [0.4, 0.5) is 0 Å². The van der Waals surface area contributed by atoms with E-state index in [1.807, 2.05) is 0 Å². The number of nitrogens with one attached hydrogen (secondary N) is 1. The molecule has 1 aliphatic carbocycles. The number of halogens is 1. The number of unbranched alkanes of at least 4 members (excludes halogenated alkanes) is 4. The molecule has 20 heavy (non-hydrogen) atoms. The summed E-state index contributed by atoms with van der Waals surface area (Å²) in [6.07, 6.45) is 11.0. The van der Waals surface area contributed by atoms with Crippen LogP contribution in [0.5, 0.6) is 0 Å². The first-order valence-electron chi connectivity index (χ1n) is 8.28. The van der Waals surface area contributed by atoms with Crippen molar-refractivity contribution in [2.24, 2.45) is 0 Å². The van der Waals surface area contributed by atoms with Crippen LogP contribution in [-0.2, 0) is 0 Å². The van der Waals surface area contributed by atoms with Gasteiger partial charge < -0.3 is 5.32 Å². The van der Waals surface area contributed by atoms with Crippen molar-refractivity contribution in [3.8, 4) is 0 Å². The molecule has 1 unspecified atom stereocenters. The quantitative estimate of drug-likeness (QED) is 0.544. The Morgan fingerprint density at radius 2 is 2.00 bits per heavy atom. The Bertz CT molecular complexity index is 387. The standard InChI is InChI=1S/C18H28BrN/c1-2-3-4-5-6-8-16(14-20-18-11-12-18)15-9-7-10-17(19)13-15/h7,9-10,13,16,18,20H,2-6,8,11-12,14H2,1H3. The Hall–Kier alpha value is -0.340. The van der Waals surface area contributed by atoms with Gasteiger partial charge in [0.2, 0.25) is 0 Å². The minimum atomic E-state index is 0.676. The molecule has 0 aliphatic heterocycles. The Morgan fingerprint density at radius 1 is 1.20 bits per heavy atom. The molecule has 2 rings (SSSR count). The van der Waals surface area contributed by atoms with Gasteiger partial charge in [-0.3, -0.25) is 0 Å². The molecule has 0 heterocycles. The van der Waals surface area contributed by atoms with Gasteiger partial charge in [0, 0.05) is 17.1 Å². The summed E-state index contributed by atoms with van der Waals surface area (Å²) < 4.78 is 1.21. The number of benzene rings is 1. The molecule has 0 saturated heterocycles. The third-order valence-electron chi connectivity index (χ3n) is 4.21. The Kier molecular flexibility index (Phi) is 7.09. The average molecular weight is 338 g/mol. The summed E-state index contributed by atoms with van der Waals surface area (Å²) in [6.45, 7) is 3.43. The number of hydrogen-bond acceptors (Lipinski definition) is 1. The molecule has 1 saturated carbocycles. The molecule has 0 amide bonds. The van der Waals surface area contributed by atoms with E-state index in [0.717, 1.165) is 12.6 Å². The van der Waals surface area contributed by atoms with Crippen molar-refractivity contribution in [1.82, 2.24) is 5.32 Å². The van der Waals surface area contributed by atoms with Gasteiger partial charge in [0.1, 0.15) is 0 Å². The minimum Gasteiger partial charge on any atom is -0.313 e. The van der Waals surface area contributed by atoms with Gasteiger partial charge in [0.15, 0.2) is 0 Å². The van der Waals surface area contributed by atoms with Crippen LogP contribution in [0, 0.1) is 0 Å². The Balaban J connectivity index is 1.82. The molecular weight excluding hydrogens is 310 g/mol. The topological polar surface area (TPSA) is 12.0 Å². The van der Waals surface area contributed by atoms with E-state index >= 15 is 0 Å². The van der Waals surface area contributed by atoms with Gasteiger partial charge in [-0.1, -0.05) is 67.1 Å². The van der Waals surface area contributed by atoms with Crippen molar-refractivity contribution in [3.63, 3.8) is 0 Å². The first kappa shape index (κ1) is 16.0. The van der Waals surface area contributed by atoms with E-state index in [1.165, 1.54) is 61.4 Å². The zero-order valence-electron chi connectivity index (χ0n) is 12.7. The highest BCUT2D eigenvalue weighted by Gasteiger charge is 2.22. The molecule has 2 heteroatoms. The molecule has 1 fully saturated rings. The van der Waals surface area contributed by atoms with Crippen LogP contribution in [0.15, 0.2) is 28.7 Å². The maximum Gasteiger partial charge on any atom is 0.0178 e. The lowest BCUT2D eigenvalue weighted by Gasteiger charge is -2.18. The summed E-state index contributed by atoms with van der Waals surface area (Å²) in [4.78, 5) is 0. The predicted molar refractivity (Wildman–Crippen MR) is 91.3 cm³/mol. The fourth-order valence-electron chi connectivity index (χ4n) is 2.74. The summed E-state index contributed by atoms with van der Waals surface area (Å²) in [5.74, 6) is 0.676. The molecule has 1 atom stereocenters. The lowest BCUT2D eigenvalue weighted by Crippen LogP contribution is -2.23. The smallest absolute Gasteiger partial charge is 0.0178 e. The van der Waals surface area contributed by atoms with Crippen LogP contribution >= 0.6 is 15.9 Å². The molecule has 1 nitrogen and oxygen atoms in total. The lowest BCUT2D eigenvalue weighted by atomic mass is 9.92. The van der Waals surface area contributed by atoms with E-state index in [0.29, 0.717) is 5.92 Å². The molecule has 0 bridgehead atoms. The molecule has 112 valence electrons. The van der Waals surface area contributed by atoms with Gasteiger partial charge in [0.25, 0.3) is 0 Å². The second-order valence-electron chi connectivity index (χ2n) is 6.14. The maximum absolute atomic E-state index is 3.71. The van der Waals surface area contributed by atoms with Crippen LogP contribution in [0.1, 0.15) is 69.8 Å². The monoisotopic (exact) mass is 337 g/mol. The maximum atomic E-state index is 3.71. The second kappa shape index (κ2) is 8.84. The summed E-state index contributed by atoms with van der Waals surface area (Å²) >= 11 is 3.60. The molecule has 0 radical (unpaired) electrons. The predicted octanol–water partition coefficient (Wildman–Crippen LogP) is 5.65. The summed E-state index contributed by atoms with van der Waals surface area (Å²) in [5, 5.41) is 3.71. The number of rotatable bonds is 10. The van der Waals surface area contributed by atoms with Crippen LogP contribution in [-0.4, -0.2) is 12.6 Å². The van der Waals surface area contributed by atoms with Crippen LogP contribution in [0.25, 0.3) is 0 Å². The molecule has 1 aliphatic rings. The van der Waals surface area contributed by atoms with Crippen LogP contribution in [0.2, 0.25) is 0 Å². The van der Waals surface area contributed by atoms with Crippen molar-refractivity contribution in [2.75, 3.05) is 6.54 Å². The second-order valence-corrected chi connectivity index (χ2v) is 7.05. The highest BCUT2D eigenvalue weighted by atomic mass is 79.9. The van der Waals surface area contributed by atoms with Crippen molar-refractivity contribution in [1.29, 1.82) is 0 Å². The van der Waals surface area contributed by atoms with Crippen molar-refractivity contribution < 1.29 is 0 Å². The zero-order valence-corrected chi connectivity index (χ0v) is 14.3. The summed E-state index contributed by atoms with van der Waals surface area (Å²) in [7, 11) is 0. The van der Waals surface area contributed by atoms with E-state index in [9.17, 15) is 0 Å². The van der Waals surface area contributed by atoms with Crippen molar-refractivity contribution in [2.45, 2.75) is 70.3 Å². The highest BCUT2D eigenvalue weighted by molar-refractivity contribution is 9.10. The molecule has 1 N–H and O–H groups in total. The molecular formula is C18H28BrN. The van der Waals surface area contributed by atoms with Gasteiger partial charge in [-0.05, 0) is 42.9 Å². The first-order valence-corrected chi connectivity index (χ1v) is 9.07. The van der Waals surface area contributed by atoms with Gasteiger partial charge >= 0.3 is 0 Å². The van der Waals surface area contributed by atoms with E-state index in [2.05, 4.69) is 52.4 Å². The fraction of sp³-hybridized carbons (Fsp3) is 0.667. The van der Waals surface area contributed by atoms with Crippen LogP contribution < -0.4 is 5.32 Å². The highest BCUT2D eigenvalue weighted by Crippen LogP contribution is 2.27. The summed E-state index contributed by atoms with van der Waals surface area (Å²) in [5.41, 5.74) is 1.49. The minimum absolute atomic E-state index is 0.676. The van der Waals surface area contributed by atoms with E-state index in [4.69, 9.17) is 0 Å². The number of hydrogen-bond donors (Lipinski definition) is 1. The first-order chi connectivity index (χ1) is 9.79. The zero-order chi connectivity index (χ0) is 14.2. The Morgan fingerprint density at radius 3 is 2.70 bits per heavy atom. The third-order valence-corrected chi connectivity index (χ3v) is 4.70. The van der Waals surface area contributed by atoms with Crippen molar-refractivity contribution >= 4 is 15.9 Å². The van der Waals surface area contributed by atoms with E-state index < -0.39 is 0 Å². The normalized spacial score (nSPS) is 16.3. The molecule has 0 aromatic heterocycles. The molecule has 1 aromatic carbocycles. The largest absolute Gasteiger partial charge is 0.313 e. The van der Waals surface area contributed by atoms with E-state index in [1.54, 1.807) is 0 Å². The van der Waals surface area contributed by atoms with Gasteiger partial charge in [-0.15, -0.1) is 0 Å². The summed E-state index contributed by atoms with van der Waals surface area (Å²) in [6, 6.07) is 9.68. The lowest BCUT2D eigenvalue weighted by molar-refractivity contribution is 0.508. The van der Waals surface area contributed by atoms with Crippen LogP contribution in [0.3, 0.4) is 0 Å². The van der Waals surface area contributed by atoms with Gasteiger partial charge in [-0.25, -0.2) is 0 Å². The average Bonchev–Trinajstić information content (AvgIpc) is 3.26. The fourth-order valence-corrected chi connectivity index (χ4v) is 3.15. The van der Waals surface area contributed by atoms with Gasteiger partial charge in [-0.2, -0.15) is 0 Å². The molecule has 0 spiro atoms. The van der Waals surface area contributed by atoms with E-state index in [-0.39, 0.29) is 0 Å². The van der Waals surface area contributed by atoms with Crippen molar-refractivity contribution in [3.05, 3.63) is 34.3 Å². The van der Waals surface area contributed by atoms with Gasteiger partial charge in [0.05, 0.1) is 0 Å². The third kappa shape index (κ3) is 5.97. The SMILES string of the molecule is CCCCCCCC(CNC1CC1)c1cccc(Br)c1. The molecule has 1 aromatic rings. The Labute approximate surface area is 132 Å².